The lowest BCUT2D eigenvalue weighted by molar-refractivity contribution is -0.113. The van der Waals surface area contributed by atoms with Crippen LogP contribution < -0.4 is 10.9 Å². The molecule has 1 N–H and O–H groups in total. The fourth-order valence-electron chi connectivity index (χ4n) is 2.65. The smallest absolute Gasteiger partial charge is 0.262 e. The van der Waals surface area contributed by atoms with Crippen LogP contribution in [0.5, 0.6) is 0 Å². The third kappa shape index (κ3) is 4.54. The molecule has 0 unspecified atom stereocenters. The van der Waals surface area contributed by atoms with Gasteiger partial charge in [0.25, 0.3) is 5.56 Å². The highest BCUT2D eigenvalue weighted by Crippen LogP contribution is 2.22. The van der Waals surface area contributed by atoms with E-state index in [1.807, 2.05) is 19.9 Å². The number of fused-ring (bicyclic) bond motifs is 1. The Morgan fingerprint density at radius 2 is 2.07 bits per heavy atom. The topological polar surface area (TPSA) is 64.0 Å². The Morgan fingerprint density at radius 3 is 2.78 bits per heavy atom. The minimum Gasteiger partial charge on any atom is -0.325 e. The number of aromatic nitrogens is 2. The maximum Gasteiger partial charge on any atom is 0.262 e. The van der Waals surface area contributed by atoms with Crippen LogP contribution in [0, 0.1) is 6.92 Å². The quantitative estimate of drug-likeness (QED) is 0.430. The van der Waals surface area contributed by atoms with Gasteiger partial charge in [-0.2, -0.15) is 0 Å². The van der Waals surface area contributed by atoms with E-state index in [4.69, 9.17) is 11.6 Å². The molecule has 0 radical (unpaired) electrons. The van der Waals surface area contributed by atoms with Gasteiger partial charge in [-0.3, -0.25) is 14.2 Å². The van der Waals surface area contributed by atoms with Crippen LogP contribution in [0.15, 0.2) is 50.8 Å². The number of carbonyl (C=O) groups is 1. The third-order valence-electron chi connectivity index (χ3n) is 3.99. The monoisotopic (exact) mass is 465 g/mol. The molecule has 0 aliphatic rings. The van der Waals surface area contributed by atoms with Gasteiger partial charge in [-0.1, -0.05) is 39.3 Å². The van der Waals surface area contributed by atoms with Crippen molar-refractivity contribution in [2.75, 3.05) is 11.1 Å². The lowest BCUT2D eigenvalue weighted by Crippen LogP contribution is -2.23. The number of halogens is 2. The number of nitrogens with one attached hydrogen (secondary N) is 1. The van der Waals surface area contributed by atoms with E-state index in [1.165, 1.54) is 11.8 Å². The number of nitrogens with zero attached hydrogens (tertiary/aromatic N) is 2. The largest absolute Gasteiger partial charge is 0.325 e. The van der Waals surface area contributed by atoms with Crippen LogP contribution in [0.2, 0.25) is 5.02 Å². The molecule has 0 saturated heterocycles. The second-order valence-electron chi connectivity index (χ2n) is 5.90. The zero-order valence-electron chi connectivity index (χ0n) is 14.8. The Bertz CT molecular complexity index is 1080. The van der Waals surface area contributed by atoms with Crippen molar-refractivity contribution >= 4 is 61.8 Å². The average Bonchev–Trinajstić information content (AvgIpc) is 2.63. The van der Waals surface area contributed by atoms with E-state index in [-0.39, 0.29) is 17.2 Å². The molecule has 3 aromatic rings. The first-order chi connectivity index (χ1) is 12.9. The molecular formula is C19H17BrClN3O2S. The van der Waals surface area contributed by atoms with Crippen LogP contribution in [0.1, 0.15) is 12.5 Å². The molecule has 0 fully saturated rings. The van der Waals surface area contributed by atoms with Crippen molar-refractivity contribution in [1.82, 2.24) is 9.55 Å². The molecule has 1 amide bonds. The van der Waals surface area contributed by atoms with E-state index in [1.54, 1.807) is 34.9 Å². The van der Waals surface area contributed by atoms with Crippen LogP contribution in [-0.2, 0) is 11.3 Å². The standard InChI is InChI=1S/C19H17BrClN3O2S/c1-3-24-18(26)14-9-12(20)4-6-16(14)23-19(24)27-10-17(25)22-15-7-5-13(21)8-11(15)2/h4-9H,3,10H2,1-2H3,(H,22,25). The number of hydrogen-bond acceptors (Lipinski definition) is 4. The van der Waals surface area contributed by atoms with Crippen molar-refractivity contribution < 1.29 is 4.79 Å². The van der Waals surface area contributed by atoms with Crippen LogP contribution in [0.3, 0.4) is 0 Å². The van der Waals surface area contributed by atoms with Gasteiger partial charge in [0.1, 0.15) is 0 Å². The van der Waals surface area contributed by atoms with Gasteiger partial charge in [-0.25, -0.2) is 4.98 Å². The zero-order valence-corrected chi connectivity index (χ0v) is 17.9. The summed E-state index contributed by atoms with van der Waals surface area (Å²) in [4.78, 5) is 29.6. The summed E-state index contributed by atoms with van der Waals surface area (Å²) in [5, 5.41) is 4.57. The van der Waals surface area contributed by atoms with Crippen molar-refractivity contribution in [2.45, 2.75) is 25.5 Å². The van der Waals surface area contributed by atoms with E-state index in [0.29, 0.717) is 33.3 Å². The van der Waals surface area contributed by atoms with Gasteiger partial charge < -0.3 is 5.32 Å². The number of thioether (sulfide) groups is 1. The first-order valence-corrected chi connectivity index (χ1v) is 10.4. The molecular weight excluding hydrogens is 450 g/mol. The zero-order chi connectivity index (χ0) is 19.6. The Morgan fingerprint density at radius 1 is 1.30 bits per heavy atom. The maximum atomic E-state index is 12.7. The number of anilines is 1. The highest BCUT2D eigenvalue weighted by atomic mass is 79.9. The molecule has 1 heterocycles. The van der Waals surface area contributed by atoms with Crippen molar-refractivity contribution in [3.05, 3.63) is 61.8 Å². The Hall–Kier alpha value is -1.83. The molecule has 8 heteroatoms. The van der Waals surface area contributed by atoms with Gasteiger partial charge in [0.05, 0.1) is 16.7 Å². The number of benzene rings is 2. The molecule has 0 aliphatic carbocycles. The first kappa shape index (κ1) is 19.9. The van der Waals surface area contributed by atoms with E-state index in [2.05, 4.69) is 26.2 Å². The van der Waals surface area contributed by atoms with Crippen LogP contribution in [0.25, 0.3) is 10.9 Å². The number of aryl methyl sites for hydroxylation is 1. The van der Waals surface area contributed by atoms with Crippen LogP contribution >= 0.6 is 39.3 Å². The van der Waals surface area contributed by atoms with E-state index >= 15 is 0 Å². The number of hydrogen-bond donors (Lipinski definition) is 1. The summed E-state index contributed by atoms with van der Waals surface area (Å²) in [7, 11) is 0. The van der Waals surface area contributed by atoms with Crippen LogP contribution in [-0.4, -0.2) is 21.2 Å². The highest BCUT2D eigenvalue weighted by Gasteiger charge is 2.13. The fraction of sp³-hybridized carbons (Fsp3) is 0.211. The molecule has 5 nitrogen and oxygen atoms in total. The number of carbonyl (C=O) groups excluding carboxylic acids is 1. The summed E-state index contributed by atoms with van der Waals surface area (Å²) in [6.07, 6.45) is 0. The molecule has 0 bridgehead atoms. The summed E-state index contributed by atoms with van der Waals surface area (Å²) in [6.45, 7) is 4.25. The average molecular weight is 467 g/mol. The van der Waals surface area contributed by atoms with E-state index in [9.17, 15) is 9.59 Å². The van der Waals surface area contributed by atoms with Crippen molar-refractivity contribution in [2.24, 2.45) is 0 Å². The third-order valence-corrected chi connectivity index (χ3v) is 5.70. The highest BCUT2D eigenvalue weighted by molar-refractivity contribution is 9.10. The second-order valence-corrected chi connectivity index (χ2v) is 8.20. The van der Waals surface area contributed by atoms with Gasteiger partial charge in [0.2, 0.25) is 5.91 Å². The van der Waals surface area contributed by atoms with E-state index < -0.39 is 0 Å². The van der Waals surface area contributed by atoms with Crippen molar-refractivity contribution in [1.29, 1.82) is 0 Å². The minimum atomic E-state index is -0.168. The summed E-state index contributed by atoms with van der Waals surface area (Å²) in [5.41, 5.74) is 2.11. The van der Waals surface area contributed by atoms with Crippen molar-refractivity contribution in [3.63, 3.8) is 0 Å². The lowest BCUT2D eigenvalue weighted by Gasteiger charge is -2.12. The number of rotatable bonds is 5. The van der Waals surface area contributed by atoms with Gasteiger partial charge in [0.15, 0.2) is 5.16 Å². The minimum absolute atomic E-state index is 0.111. The fourth-order valence-corrected chi connectivity index (χ4v) is 4.10. The molecule has 0 aliphatic heterocycles. The maximum absolute atomic E-state index is 12.7. The molecule has 1 aromatic heterocycles. The van der Waals surface area contributed by atoms with Crippen LogP contribution in [0.4, 0.5) is 5.69 Å². The molecule has 3 rings (SSSR count). The summed E-state index contributed by atoms with van der Waals surface area (Å²) < 4.78 is 2.41. The SMILES string of the molecule is CCn1c(SCC(=O)Nc2ccc(Cl)cc2C)nc2ccc(Br)cc2c1=O. The van der Waals surface area contributed by atoms with Gasteiger partial charge in [-0.15, -0.1) is 0 Å². The summed E-state index contributed by atoms with van der Waals surface area (Å²) >= 11 is 10.6. The lowest BCUT2D eigenvalue weighted by atomic mass is 10.2. The second kappa shape index (κ2) is 8.46. The first-order valence-electron chi connectivity index (χ1n) is 8.28. The van der Waals surface area contributed by atoms with E-state index in [0.717, 1.165) is 10.0 Å². The predicted octanol–water partition coefficient (Wildman–Crippen LogP) is 4.87. The van der Waals surface area contributed by atoms with Crippen molar-refractivity contribution in [3.8, 4) is 0 Å². The molecule has 0 atom stereocenters. The normalized spacial score (nSPS) is 11.0. The van der Waals surface area contributed by atoms with Gasteiger partial charge >= 0.3 is 0 Å². The summed E-state index contributed by atoms with van der Waals surface area (Å²) in [6, 6.07) is 10.7. The Labute approximate surface area is 174 Å². The Balaban J connectivity index is 1.81. The molecule has 0 spiro atoms. The molecule has 27 heavy (non-hydrogen) atoms. The Kier molecular flexibility index (Phi) is 6.24. The molecule has 2 aromatic carbocycles. The van der Waals surface area contributed by atoms with Gasteiger partial charge in [-0.05, 0) is 55.8 Å². The molecule has 0 saturated carbocycles. The molecule has 140 valence electrons. The predicted molar refractivity (Wildman–Crippen MR) is 115 cm³/mol. The summed E-state index contributed by atoms with van der Waals surface area (Å²) in [5.74, 6) is -0.0190. The number of amides is 1. The van der Waals surface area contributed by atoms with Gasteiger partial charge in [0, 0.05) is 21.7 Å².